The normalized spacial score (nSPS) is 27.7. The van der Waals surface area contributed by atoms with Crippen molar-refractivity contribution in [3.63, 3.8) is 0 Å². The number of ether oxygens (including phenoxy) is 1. The van der Waals surface area contributed by atoms with Crippen LogP contribution in [0.3, 0.4) is 0 Å². The highest BCUT2D eigenvalue weighted by Crippen LogP contribution is 2.38. The molecule has 0 radical (unpaired) electrons. The summed E-state index contributed by atoms with van der Waals surface area (Å²) in [6.45, 7) is 3.69. The third kappa shape index (κ3) is 2.76. The summed E-state index contributed by atoms with van der Waals surface area (Å²) in [5.74, 6) is -0.132. The van der Waals surface area contributed by atoms with Crippen LogP contribution in [0.15, 0.2) is 22.7 Å². The summed E-state index contributed by atoms with van der Waals surface area (Å²) in [6, 6.07) is 5.13. The molecule has 1 N–H and O–H groups in total. The molecule has 2 atom stereocenters. The van der Waals surface area contributed by atoms with Crippen molar-refractivity contribution in [1.82, 2.24) is 5.32 Å². The Morgan fingerprint density at radius 3 is 2.94 bits per heavy atom. The van der Waals surface area contributed by atoms with Gasteiger partial charge in [0.1, 0.15) is 5.82 Å². The van der Waals surface area contributed by atoms with Crippen molar-refractivity contribution in [3.05, 3.63) is 34.1 Å². The van der Waals surface area contributed by atoms with E-state index in [1.165, 1.54) is 6.07 Å². The van der Waals surface area contributed by atoms with Gasteiger partial charge in [0.25, 0.3) is 0 Å². The van der Waals surface area contributed by atoms with Crippen molar-refractivity contribution in [2.45, 2.75) is 25.9 Å². The lowest BCUT2D eigenvalue weighted by Gasteiger charge is -2.32. The van der Waals surface area contributed by atoms with Crippen LogP contribution in [0.2, 0.25) is 0 Å². The van der Waals surface area contributed by atoms with Crippen molar-refractivity contribution in [3.8, 4) is 0 Å². The molecule has 100 valence electrons. The predicted octanol–water partition coefficient (Wildman–Crippen LogP) is 3.15. The van der Waals surface area contributed by atoms with Gasteiger partial charge in [-0.25, -0.2) is 4.39 Å². The summed E-state index contributed by atoms with van der Waals surface area (Å²) in [5, 5.41) is 3.22. The second-order valence-corrected chi connectivity index (χ2v) is 5.98. The summed E-state index contributed by atoms with van der Waals surface area (Å²) < 4.78 is 20.5. The van der Waals surface area contributed by atoms with Gasteiger partial charge in [0.2, 0.25) is 0 Å². The molecule has 2 rings (SSSR count). The van der Waals surface area contributed by atoms with E-state index in [1.807, 2.05) is 13.1 Å². The maximum Gasteiger partial charge on any atom is 0.126 e. The van der Waals surface area contributed by atoms with Gasteiger partial charge < -0.3 is 10.1 Å². The van der Waals surface area contributed by atoms with Gasteiger partial charge in [-0.3, -0.25) is 0 Å². The molecule has 1 aliphatic rings. The lowest BCUT2D eigenvalue weighted by atomic mass is 9.76. The lowest BCUT2D eigenvalue weighted by molar-refractivity contribution is 0.0636. The Bertz CT molecular complexity index is 426. The van der Waals surface area contributed by atoms with Gasteiger partial charge in [-0.1, -0.05) is 15.9 Å². The number of hydrogen-bond donors (Lipinski definition) is 1. The van der Waals surface area contributed by atoms with Crippen LogP contribution < -0.4 is 5.32 Å². The maximum atomic E-state index is 13.9. The van der Waals surface area contributed by atoms with E-state index in [1.54, 1.807) is 6.07 Å². The first-order chi connectivity index (χ1) is 8.57. The average Bonchev–Trinajstić information content (AvgIpc) is 2.66. The zero-order valence-electron chi connectivity index (χ0n) is 10.8. The highest BCUT2D eigenvalue weighted by atomic mass is 79.9. The van der Waals surface area contributed by atoms with Gasteiger partial charge >= 0.3 is 0 Å². The van der Waals surface area contributed by atoms with Crippen molar-refractivity contribution < 1.29 is 9.13 Å². The van der Waals surface area contributed by atoms with E-state index in [0.717, 1.165) is 29.6 Å². The average molecular weight is 316 g/mol. The molecule has 0 amide bonds. The Balaban J connectivity index is 2.26. The minimum Gasteiger partial charge on any atom is -0.378 e. The molecule has 0 saturated carbocycles. The minimum absolute atomic E-state index is 0.00359. The van der Waals surface area contributed by atoms with E-state index in [9.17, 15) is 4.39 Å². The highest BCUT2D eigenvalue weighted by molar-refractivity contribution is 9.10. The van der Waals surface area contributed by atoms with Crippen LogP contribution in [0, 0.1) is 11.2 Å². The first-order valence-corrected chi connectivity index (χ1v) is 7.07. The largest absolute Gasteiger partial charge is 0.378 e. The Morgan fingerprint density at radius 1 is 1.56 bits per heavy atom. The summed E-state index contributed by atoms with van der Waals surface area (Å²) in [6.07, 6.45) is 1.84. The number of hydrogen-bond acceptors (Lipinski definition) is 2. The molecule has 1 fully saturated rings. The van der Waals surface area contributed by atoms with Crippen LogP contribution in [0.25, 0.3) is 0 Å². The van der Waals surface area contributed by atoms with Gasteiger partial charge in [0.15, 0.2) is 0 Å². The van der Waals surface area contributed by atoms with Gasteiger partial charge in [-0.15, -0.1) is 0 Å². The van der Waals surface area contributed by atoms with Crippen molar-refractivity contribution in [2.24, 2.45) is 5.41 Å². The van der Waals surface area contributed by atoms with Gasteiger partial charge in [0.05, 0.1) is 6.10 Å². The maximum absolute atomic E-state index is 13.9. The smallest absolute Gasteiger partial charge is 0.126 e. The molecule has 18 heavy (non-hydrogen) atoms. The summed E-state index contributed by atoms with van der Waals surface area (Å²) in [5.41, 5.74) is 0.758. The van der Waals surface area contributed by atoms with Crippen molar-refractivity contribution >= 4 is 15.9 Å². The SMILES string of the molecule is CNCC1(Cc2cc(Br)ccc2F)CCOC1C. The van der Waals surface area contributed by atoms with E-state index < -0.39 is 0 Å². The summed E-state index contributed by atoms with van der Waals surface area (Å²) in [7, 11) is 1.93. The van der Waals surface area contributed by atoms with Crippen LogP contribution in [0.1, 0.15) is 18.9 Å². The van der Waals surface area contributed by atoms with Crippen LogP contribution in [-0.4, -0.2) is 26.3 Å². The topological polar surface area (TPSA) is 21.3 Å². The van der Waals surface area contributed by atoms with Crippen LogP contribution >= 0.6 is 15.9 Å². The van der Waals surface area contributed by atoms with E-state index in [2.05, 4.69) is 28.2 Å². The van der Waals surface area contributed by atoms with Crippen molar-refractivity contribution in [2.75, 3.05) is 20.2 Å². The predicted molar refractivity (Wildman–Crippen MR) is 74.2 cm³/mol. The molecule has 1 heterocycles. The molecule has 0 bridgehead atoms. The minimum atomic E-state index is -0.132. The molecular formula is C14H19BrFNO. The Labute approximate surface area is 116 Å². The number of nitrogens with one attached hydrogen (secondary N) is 1. The lowest BCUT2D eigenvalue weighted by Crippen LogP contribution is -2.40. The van der Waals surface area contributed by atoms with E-state index in [-0.39, 0.29) is 17.3 Å². The summed E-state index contributed by atoms with van der Waals surface area (Å²) in [4.78, 5) is 0. The zero-order valence-corrected chi connectivity index (χ0v) is 12.4. The van der Waals surface area contributed by atoms with Crippen LogP contribution in [0.4, 0.5) is 4.39 Å². The van der Waals surface area contributed by atoms with E-state index in [0.29, 0.717) is 6.42 Å². The molecule has 1 aromatic carbocycles. The molecule has 0 aliphatic carbocycles. The van der Waals surface area contributed by atoms with Crippen LogP contribution in [0.5, 0.6) is 0 Å². The molecule has 1 saturated heterocycles. The number of rotatable bonds is 4. The fourth-order valence-electron chi connectivity index (χ4n) is 2.76. The molecular weight excluding hydrogens is 297 g/mol. The standard InChI is InChI=1S/C14H19BrFNO/c1-10-14(9-17-2,5-6-18-10)8-11-7-12(15)3-4-13(11)16/h3-4,7,10,17H,5-6,8-9H2,1-2H3. The first kappa shape index (κ1) is 14.0. The second-order valence-electron chi connectivity index (χ2n) is 5.07. The Kier molecular flexibility index (Phi) is 4.41. The molecule has 2 nitrogen and oxygen atoms in total. The highest BCUT2D eigenvalue weighted by Gasteiger charge is 2.41. The Hall–Kier alpha value is -0.450. The second kappa shape index (κ2) is 5.68. The molecule has 1 aromatic rings. The van der Waals surface area contributed by atoms with E-state index in [4.69, 9.17) is 4.74 Å². The van der Waals surface area contributed by atoms with Crippen molar-refractivity contribution in [1.29, 1.82) is 0 Å². The Morgan fingerprint density at radius 2 is 2.33 bits per heavy atom. The van der Waals surface area contributed by atoms with E-state index >= 15 is 0 Å². The fraction of sp³-hybridized carbons (Fsp3) is 0.571. The van der Waals surface area contributed by atoms with Gasteiger partial charge in [-0.2, -0.15) is 0 Å². The fourth-order valence-corrected chi connectivity index (χ4v) is 3.16. The number of halogens is 2. The molecule has 4 heteroatoms. The molecule has 1 aliphatic heterocycles. The summed E-state index contributed by atoms with van der Waals surface area (Å²) >= 11 is 3.40. The van der Waals surface area contributed by atoms with Gasteiger partial charge in [-0.05, 0) is 50.6 Å². The third-order valence-electron chi connectivity index (χ3n) is 3.91. The quantitative estimate of drug-likeness (QED) is 0.921. The number of benzene rings is 1. The third-order valence-corrected chi connectivity index (χ3v) is 4.40. The first-order valence-electron chi connectivity index (χ1n) is 6.27. The van der Waals surface area contributed by atoms with Crippen LogP contribution in [-0.2, 0) is 11.2 Å². The molecule has 0 spiro atoms. The molecule has 2 unspecified atom stereocenters. The monoisotopic (exact) mass is 315 g/mol. The molecule has 0 aromatic heterocycles. The van der Waals surface area contributed by atoms with Gasteiger partial charge in [0, 0.05) is 23.0 Å². The zero-order chi connectivity index (χ0) is 13.2.